The summed E-state index contributed by atoms with van der Waals surface area (Å²) >= 11 is 1.31. The molecule has 3 aliphatic rings. The molecule has 2 amide bonds. The Bertz CT molecular complexity index is 387. The molecule has 3 aliphatic heterocycles. The normalized spacial score (nSPS) is 28.4. The highest BCUT2D eigenvalue weighted by Gasteiger charge is 2.32. The van der Waals surface area contributed by atoms with E-state index in [1.165, 1.54) is 11.8 Å². The number of nitrogens with one attached hydrogen (secondary N) is 1. The molecule has 20 heavy (non-hydrogen) atoms. The second-order valence-corrected chi connectivity index (χ2v) is 6.65. The van der Waals surface area contributed by atoms with Crippen LogP contribution < -0.4 is 5.32 Å². The Morgan fingerprint density at radius 3 is 2.75 bits per heavy atom. The van der Waals surface area contributed by atoms with E-state index >= 15 is 0 Å². The first kappa shape index (κ1) is 14.2. The zero-order valence-corrected chi connectivity index (χ0v) is 12.5. The van der Waals surface area contributed by atoms with Crippen molar-refractivity contribution in [3.63, 3.8) is 0 Å². The number of nitrogens with zero attached hydrogens (tertiary/aromatic N) is 3. The van der Waals surface area contributed by atoms with E-state index in [0.29, 0.717) is 12.6 Å². The van der Waals surface area contributed by atoms with E-state index in [0.717, 1.165) is 51.4 Å². The van der Waals surface area contributed by atoms with Gasteiger partial charge >= 0.3 is 0 Å². The average molecular weight is 298 g/mol. The SMILES string of the molecule is O=C(CN1CCSC1=O)N1CCC(N2CCNCC2)C1. The van der Waals surface area contributed by atoms with Crippen LogP contribution in [-0.4, -0.2) is 90.0 Å². The van der Waals surface area contributed by atoms with Crippen molar-refractivity contribution in [1.82, 2.24) is 20.0 Å². The van der Waals surface area contributed by atoms with E-state index in [1.54, 1.807) is 4.90 Å². The fraction of sp³-hybridized carbons (Fsp3) is 0.846. The van der Waals surface area contributed by atoms with Crippen molar-refractivity contribution < 1.29 is 9.59 Å². The molecule has 1 N–H and O–H groups in total. The van der Waals surface area contributed by atoms with Gasteiger partial charge in [0.25, 0.3) is 5.24 Å². The van der Waals surface area contributed by atoms with Crippen LogP contribution in [0.3, 0.4) is 0 Å². The van der Waals surface area contributed by atoms with Gasteiger partial charge in [0.05, 0.1) is 0 Å². The van der Waals surface area contributed by atoms with Crippen LogP contribution in [0.25, 0.3) is 0 Å². The summed E-state index contributed by atoms with van der Waals surface area (Å²) in [4.78, 5) is 29.9. The van der Waals surface area contributed by atoms with Crippen molar-refractivity contribution in [3.8, 4) is 0 Å². The molecule has 0 aromatic carbocycles. The number of hydrogen-bond acceptors (Lipinski definition) is 5. The van der Waals surface area contributed by atoms with Crippen LogP contribution in [0.2, 0.25) is 0 Å². The minimum atomic E-state index is 0.0520. The van der Waals surface area contributed by atoms with Gasteiger partial charge in [0.1, 0.15) is 6.54 Å². The Hall–Kier alpha value is -0.790. The number of rotatable bonds is 3. The summed E-state index contributed by atoms with van der Waals surface area (Å²) in [7, 11) is 0. The predicted octanol–water partition coefficient (Wildman–Crippen LogP) is -0.339. The smallest absolute Gasteiger partial charge is 0.282 e. The Balaban J connectivity index is 1.48. The van der Waals surface area contributed by atoms with Crippen molar-refractivity contribution in [3.05, 3.63) is 0 Å². The molecule has 1 unspecified atom stereocenters. The lowest BCUT2D eigenvalue weighted by Crippen LogP contribution is -2.49. The quantitative estimate of drug-likeness (QED) is 0.773. The molecule has 3 fully saturated rings. The zero-order valence-electron chi connectivity index (χ0n) is 11.7. The molecule has 3 heterocycles. The van der Waals surface area contributed by atoms with E-state index in [2.05, 4.69) is 10.2 Å². The standard InChI is InChI=1S/C13H22N4O2S/c18-12(10-17-7-8-20-13(17)19)16-4-1-11(9-16)15-5-2-14-3-6-15/h11,14H,1-10H2. The molecule has 0 bridgehead atoms. The number of likely N-dealkylation sites (tertiary alicyclic amines) is 1. The molecule has 3 saturated heterocycles. The molecule has 0 aliphatic carbocycles. The molecule has 0 spiro atoms. The monoisotopic (exact) mass is 298 g/mol. The first-order valence-electron chi connectivity index (χ1n) is 7.38. The van der Waals surface area contributed by atoms with Crippen molar-refractivity contribution in [2.24, 2.45) is 0 Å². The molecule has 3 rings (SSSR count). The minimum absolute atomic E-state index is 0.0520. The molecule has 0 aromatic heterocycles. The Morgan fingerprint density at radius 2 is 2.05 bits per heavy atom. The molecular weight excluding hydrogens is 276 g/mol. The maximum atomic E-state index is 12.3. The average Bonchev–Trinajstić information content (AvgIpc) is 3.10. The highest BCUT2D eigenvalue weighted by atomic mass is 32.2. The molecular formula is C13H22N4O2S. The van der Waals surface area contributed by atoms with E-state index in [1.807, 2.05) is 4.90 Å². The Kier molecular flexibility index (Phi) is 4.48. The third-order valence-electron chi connectivity index (χ3n) is 4.36. The molecule has 6 nitrogen and oxygen atoms in total. The summed E-state index contributed by atoms with van der Waals surface area (Å²) < 4.78 is 0. The number of amides is 2. The molecule has 0 aromatic rings. The number of carbonyl (C=O) groups excluding carboxylic acids is 2. The highest BCUT2D eigenvalue weighted by molar-refractivity contribution is 8.13. The van der Waals surface area contributed by atoms with Crippen molar-refractivity contribution >= 4 is 22.9 Å². The highest BCUT2D eigenvalue weighted by Crippen LogP contribution is 2.19. The van der Waals surface area contributed by atoms with Gasteiger partial charge in [0.2, 0.25) is 5.91 Å². The van der Waals surface area contributed by atoms with Gasteiger partial charge in [0, 0.05) is 57.6 Å². The molecule has 7 heteroatoms. The minimum Gasteiger partial charge on any atom is -0.340 e. The summed E-state index contributed by atoms with van der Waals surface area (Å²) in [6, 6.07) is 0.504. The summed E-state index contributed by atoms with van der Waals surface area (Å²) in [6.45, 7) is 6.89. The fourth-order valence-corrected chi connectivity index (χ4v) is 3.97. The van der Waals surface area contributed by atoms with Crippen LogP contribution in [-0.2, 0) is 4.79 Å². The summed E-state index contributed by atoms with van der Waals surface area (Å²) in [5.41, 5.74) is 0. The Morgan fingerprint density at radius 1 is 1.25 bits per heavy atom. The topological polar surface area (TPSA) is 55.9 Å². The van der Waals surface area contributed by atoms with E-state index in [4.69, 9.17) is 0 Å². The molecule has 0 radical (unpaired) electrons. The number of piperazine rings is 1. The summed E-state index contributed by atoms with van der Waals surface area (Å²) in [5, 5.41) is 3.41. The zero-order chi connectivity index (χ0) is 13.9. The lowest BCUT2D eigenvalue weighted by atomic mass is 10.2. The van der Waals surface area contributed by atoms with Gasteiger partial charge < -0.3 is 15.1 Å². The first-order chi connectivity index (χ1) is 9.74. The number of carbonyl (C=O) groups is 2. The Labute approximate surface area is 123 Å². The van der Waals surface area contributed by atoms with Gasteiger partial charge in [-0.3, -0.25) is 14.5 Å². The van der Waals surface area contributed by atoms with Gasteiger partial charge in [-0.2, -0.15) is 0 Å². The van der Waals surface area contributed by atoms with E-state index in [-0.39, 0.29) is 17.7 Å². The second-order valence-electron chi connectivity index (χ2n) is 5.60. The van der Waals surface area contributed by atoms with Crippen molar-refractivity contribution in [2.75, 3.05) is 58.1 Å². The second kappa shape index (κ2) is 6.32. The van der Waals surface area contributed by atoms with Crippen LogP contribution in [0.15, 0.2) is 0 Å². The largest absolute Gasteiger partial charge is 0.340 e. The number of thioether (sulfide) groups is 1. The summed E-state index contributed by atoms with van der Waals surface area (Å²) in [5.74, 6) is 0.925. The van der Waals surface area contributed by atoms with Crippen LogP contribution in [0.5, 0.6) is 0 Å². The third kappa shape index (κ3) is 3.10. The molecule has 112 valence electrons. The van der Waals surface area contributed by atoms with Gasteiger partial charge in [-0.05, 0) is 6.42 Å². The van der Waals surface area contributed by atoms with E-state index in [9.17, 15) is 9.59 Å². The van der Waals surface area contributed by atoms with Crippen LogP contribution in [0.1, 0.15) is 6.42 Å². The third-order valence-corrected chi connectivity index (χ3v) is 5.25. The fourth-order valence-electron chi connectivity index (χ4n) is 3.15. The van der Waals surface area contributed by atoms with Crippen molar-refractivity contribution in [2.45, 2.75) is 12.5 Å². The maximum absolute atomic E-state index is 12.3. The van der Waals surface area contributed by atoms with Crippen LogP contribution in [0.4, 0.5) is 4.79 Å². The maximum Gasteiger partial charge on any atom is 0.282 e. The summed E-state index contributed by atoms with van der Waals surface area (Å²) in [6.07, 6.45) is 1.06. The van der Waals surface area contributed by atoms with Gasteiger partial charge in [0.15, 0.2) is 0 Å². The van der Waals surface area contributed by atoms with Crippen LogP contribution >= 0.6 is 11.8 Å². The first-order valence-corrected chi connectivity index (χ1v) is 8.37. The van der Waals surface area contributed by atoms with Crippen molar-refractivity contribution in [1.29, 1.82) is 0 Å². The van der Waals surface area contributed by atoms with Crippen LogP contribution in [0, 0.1) is 0 Å². The molecule has 0 saturated carbocycles. The van der Waals surface area contributed by atoms with Gasteiger partial charge in [-0.25, -0.2) is 0 Å². The number of hydrogen-bond donors (Lipinski definition) is 1. The van der Waals surface area contributed by atoms with Gasteiger partial charge in [-0.15, -0.1) is 0 Å². The lowest BCUT2D eigenvalue weighted by Gasteiger charge is -2.32. The van der Waals surface area contributed by atoms with Gasteiger partial charge in [-0.1, -0.05) is 11.8 Å². The molecule has 1 atom stereocenters. The van der Waals surface area contributed by atoms with E-state index < -0.39 is 0 Å². The lowest BCUT2D eigenvalue weighted by molar-refractivity contribution is -0.130. The predicted molar refractivity (Wildman–Crippen MR) is 78.9 cm³/mol.